The van der Waals surface area contributed by atoms with E-state index in [1.54, 1.807) is 12.1 Å². The molecule has 2 atom stereocenters. The van der Waals surface area contributed by atoms with Gasteiger partial charge in [0.1, 0.15) is 0 Å². The summed E-state index contributed by atoms with van der Waals surface area (Å²) in [5, 5.41) is 0. The van der Waals surface area contributed by atoms with Crippen LogP contribution in [0.4, 0.5) is 0 Å². The second-order valence-corrected chi connectivity index (χ2v) is 10.3. The number of methoxy groups -OCH3 is 1. The zero-order valence-electron chi connectivity index (χ0n) is 22.4. The van der Waals surface area contributed by atoms with Crippen LogP contribution in [0, 0.1) is 23.7 Å². The molecule has 2 saturated carbocycles. The number of carbonyl (C=O) groups is 3. The van der Waals surface area contributed by atoms with E-state index in [2.05, 4.69) is 13.5 Å². The molecule has 7 heteroatoms. The average molecular weight is 515 g/mol. The molecule has 204 valence electrons. The van der Waals surface area contributed by atoms with E-state index < -0.39 is 11.9 Å². The van der Waals surface area contributed by atoms with Crippen molar-refractivity contribution in [2.45, 2.75) is 77.6 Å². The van der Waals surface area contributed by atoms with Gasteiger partial charge in [-0.15, -0.1) is 0 Å². The third-order valence-corrected chi connectivity index (χ3v) is 7.98. The molecule has 3 rings (SSSR count). The molecule has 0 radical (unpaired) electrons. The number of esters is 3. The molecular formula is C30H42O7. The summed E-state index contributed by atoms with van der Waals surface area (Å²) >= 11 is 0. The number of hydrogen-bond donors (Lipinski definition) is 0. The Labute approximate surface area is 220 Å². The first kappa shape index (κ1) is 28.7. The van der Waals surface area contributed by atoms with Crippen molar-refractivity contribution in [2.75, 3.05) is 20.3 Å². The van der Waals surface area contributed by atoms with Gasteiger partial charge in [-0.1, -0.05) is 45.6 Å². The number of hydrogen-bond acceptors (Lipinski definition) is 7. The van der Waals surface area contributed by atoms with E-state index in [0.717, 1.165) is 37.2 Å². The van der Waals surface area contributed by atoms with E-state index >= 15 is 0 Å². The fraction of sp³-hybridized carbons (Fsp3) is 0.633. The Bertz CT molecular complexity index is 917. The number of carbonyl (C=O) groups excluding carboxylic acids is 3. The van der Waals surface area contributed by atoms with E-state index in [0.29, 0.717) is 35.8 Å². The average Bonchev–Trinajstić information content (AvgIpc) is 2.94. The minimum absolute atomic E-state index is 0.0947. The predicted octanol–water partition coefficient (Wildman–Crippen LogP) is 6.29. The van der Waals surface area contributed by atoms with Crippen LogP contribution in [0.25, 0.3) is 0 Å². The zero-order chi connectivity index (χ0) is 26.6. The normalized spacial score (nSPS) is 23.5. The Kier molecular flexibility index (Phi) is 11.5. The summed E-state index contributed by atoms with van der Waals surface area (Å²) in [6.07, 6.45) is 12.8. The first-order valence-corrected chi connectivity index (χ1v) is 13.8. The lowest BCUT2D eigenvalue weighted by molar-refractivity contribution is -0.141. The third-order valence-electron chi connectivity index (χ3n) is 7.98. The Hall–Kier alpha value is -2.83. The highest BCUT2D eigenvalue weighted by Gasteiger charge is 2.34. The molecule has 0 heterocycles. The second kappa shape index (κ2) is 14.8. The van der Waals surface area contributed by atoms with Crippen molar-refractivity contribution in [3.05, 3.63) is 36.4 Å². The minimum Gasteiger partial charge on any atom is -0.493 e. The highest BCUT2D eigenvalue weighted by Crippen LogP contribution is 2.42. The summed E-state index contributed by atoms with van der Waals surface area (Å²) in [7, 11) is 1.48. The summed E-state index contributed by atoms with van der Waals surface area (Å²) in [5.74, 6) is 1.60. The molecule has 2 aliphatic rings. The van der Waals surface area contributed by atoms with Crippen LogP contribution in [0.2, 0.25) is 0 Å². The summed E-state index contributed by atoms with van der Waals surface area (Å²) in [4.78, 5) is 36.5. The molecule has 2 fully saturated rings. The Morgan fingerprint density at radius 2 is 1.68 bits per heavy atom. The molecule has 7 nitrogen and oxygen atoms in total. The van der Waals surface area contributed by atoms with Gasteiger partial charge in [0.15, 0.2) is 11.5 Å². The van der Waals surface area contributed by atoms with E-state index in [1.165, 1.54) is 51.7 Å². The lowest BCUT2D eigenvalue weighted by Crippen LogP contribution is -2.31. The van der Waals surface area contributed by atoms with Crippen LogP contribution in [-0.2, 0) is 19.1 Å². The molecule has 0 amide bonds. The molecule has 0 saturated heterocycles. The number of ether oxygens (including phenoxy) is 4. The van der Waals surface area contributed by atoms with Crippen LogP contribution >= 0.6 is 0 Å². The van der Waals surface area contributed by atoms with Gasteiger partial charge < -0.3 is 18.9 Å². The molecule has 37 heavy (non-hydrogen) atoms. The lowest BCUT2D eigenvalue weighted by Gasteiger charge is -2.37. The van der Waals surface area contributed by atoms with Crippen LogP contribution in [0.15, 0.2) is 30.9 Å². The topological polar surface area (TPSA) is 88.1 Å². The highest BCUT2D eigenvalue weighted by molar-refractivity contribution is 5.90. The third kappa shape index (κ3) is 8.61. The van der Waals surface area contributed by atoms with Crippen molar-refractivity contribution in [3.63, 3.8) is 0 Å². The largest absolute Gasteiger partial charge is 0.493 e. The van der Waals surface area contributed by atoms with Gasteiger partial charge in [-0.2, -0.15) is 0 Å². The molecule has 0 bridgehead atoms. The first-order valence-electron chi connectivity index (χ1n) is 13.8. The van der Waals surface area contributed by atoms with Gasteiger partial charge in [0.25, 0.3) is 0 Å². The van der Waals surface area contributed by atoms with Crippen molar-refractivity contribution in [1.29, 1.82) is 0 Å². The van der Waals surface area contributed by atoms with Crippen LogP contribution in [0.1, 0.15) is 87.9 Å². The Balaban J connectivity index is 1.48. The molecule has 2 aliphatic carbocycles. The van der Waals surface area contributed by atoms with Crippen molar-refractivity contribution < 1.29 is 33.3 Å². The molecule has 2 unspecified atom stereocenters. The monoisotopic (exact) mass is 514 g/mol. The van der Waals surface area contributed by atoms with Crippen molar-refractivity contribution in [3.8, 4) is 11.5 Å². The minimum atomic E-state index is -0.493. The number of unbranched alkanes of at least 4 members (excludes halogenated alkanes) is 1. The van der Waals surface area contributed by atoms with Crippen molar-refractivity contribution >= 4 is 17.9 Å². The molecule has 1 aromatic carbocycles. The molecule has 0 spiro atoms. The molecule has 0 aromatic heterocycles. The number of benzene rings is 1. The quantitative estimate of drug-likeness (QED) is 0.140. The maximum Gasteiger partial charge on any atom is 0.338 e. The molecular weight excluding hydrogens is 472 g/mol. The van der Waals surface area contributed by atoms with E-state index in [9.17, 15) is 14.4 Å². The van der Waals surface area contributed by atoms with Crippen LogP contribution in [0.3, 0.4) is 0 Å². The van der Waals surface area contributed by atoms with Crippen LogP contribution in [0.5, 0.6) is 11.5 Å². The lowest BCUT2D eigenvalue weighted by atomic mass is 9.68. The number of rotatable bonds is 12. The summed E-state index contributed by atoms with van der Waals surface area (Å²) in [6.45, 7) is 6.07. The fourth-order valence-electron chi connectivity index (χ4n) is 5.69. The van der Waals surface area contributed by atoms with Gasteiger partial charge in [0, 0.05) is 6.08 Å². The van der Waals surface area contributed by atoms with Gasteiger partial charge in [0.2, 0.25) is 0 Å². The van der Waals surface area contributed by atoms with E-state index in [4.69, 9.17) is 18.9 Å². The predicted molar refractivity (Wildman–Crippen MR) is 140 cm³/mol. The molecule has 1 aromatic rings. The second-order valence-electron chi connectivity index (χ2n) is 10.3. The van der Waals surface area contributed by atoms with Crippen molar-refractivity contribution in [1.82, 2.24) is 0 Å². The van der Waals surface area contributed by atoms with Gasteiger partial charge >= 0.3 is 17.9 Å². The Morgan fingerprint density at radius 3 is 2.35 bits per heavy atom. The Morgan fingerprint density at radius 1 is 0.946 bits per heavy atom. The van der Waals surface area contributed by atoms with Crippen molar-refractivity contribution in [2.24, 2.45) is 23.7 Å². The summed E-state index contributed by atoms with van der Waals surface area (Å²) < 4.78 is 21.4. The molecule has 0 N–H and O–H groups in total. The van der Waals surface area contributed by atoms with Gasteiger partial charge in [-0.25, -0.2) is 9.59 Å². The SMILES string of the molecule is C=CC(=O)OCCCCOC(=O)c1ccc(OC(=O)C2CCCC(C3CCC(CC)CC3)C2)c(OC)c1. The maximum absolute atomic E-state index is 13.1. The van der Waals surface area contributed by atoms with Crippen LogP contribution in [-0.4, -0.2) is 38.2 Å². The highest BCUT2D eigenvalue weighted by atomic mass is 16.6. The first-order chi connectivity index (χ1) is 17.9. The van der Waals surface area contributed by atoms with E-state index in [-0.39, 0.29) is 25.1 Å². The maximum atomic E-state index is 13.1. The summed E-state index contributed by atoms with van der Waals surface area (Å²) in [5.41, 5.74) is 0.315. The van der Waals surface area contributed by atoms with E-state index in [1.807, 2.05) is 0 Å². The molecule has 0 aliphatic heterocycles. The smallest absolute Gasteiger partial charge is 0.338 e. The standard InChI is InChI=1S/C30H42O7/c1-4-21-11-13-22(14-12-21)23-9-8-10-24(19-23)30(33)37-26-16-15-25(20-27(26)34-3)29(32)36-18-7-6-17-35-28(31)5-2/h5,15-16,20-24H,2,4,6-14,17-19H2,1,3H3. The summed E-state index contributed by atoms with van der Waals surface area (Å²) in [6, 6.07) is 4.70. The zero-order valence-corrected chi connectivity index (χ0v) is 22.4. The van der Waals surface area contributed by atoms with Gasteiger partial charge in [-0.3, -0.25) is 4.79 Å². The van der Waals surface area contributed by atoms with Crippen LogP contribution < -0.4 is 9.47 Å². The van der Waals surface area contributed by atoms with Gasteiger partial charge in [-0.05, 0) is 74.5 Å². The fourth-order valence-corrected chi connectivity index (χ4v) is 5.69. The van der Waals surface area contributed by atoms with Gasteiger partial charge in [0.05, 0.1) is 31.8 Å².